The zero-order valence-electron chi connectivity index (χ0n) is 12.7. The van der Waals surface area contributed by atoms with Gasteiger partial charge in [-0.15, -0.1) is 0 Å². The Morgan fingerprint density at radius 2 is 1.87 bits per heavy atom. The lowest BCUT2D eigenvalue weighted by Gasteiger charge is -2.11. The Hall–Kier alpha value is -3.15. The second kappa shape index (κ2) is 6.31. The van der Waals surface area contributed by atoms with Gasteiger partial charge in [-0.05, 0) is 31.2 Å². The fourth-order valence-corrected chi connectivity index (χ4v) is 2.21. The van der Waals surface area contributed by atoms with Crippen LogP contribution in [0.1, 0.15) is 16.2 Å². The van der Waals surface area contributed by atoms with Crippen molar-refractivity contribution in [3.05, 3.63) is 59.9 Å². The van der Waals surface area contributed by atoms with E-state index in [4.69, 9.17) is 9.26 Å². The minimum absolute atomic E-state index is 0.272. The molecule has 1 aromatic heterocycles. The van der Waals surface area contributed by atoms with Crippen LogP contribution in [0.4, 0.5) is 5.69 Å². The number of nitrogens with zero attached hydrogens (tertiary/aromatic N) is 2. The van der Waals surface area contributed by atoms with Gasteiger partial charge in [-0.1, -0.05) is 29.4 Å². The van der Waals surface area contributed by atoms with Gasteiger partial charge in [0.15, 0.2) is 5.82 Å². The van der Waals surface area contributed by atoms with Crippen LogP contribution in [0.3, 0.4) is 0 Å². The smallest absolute Gasteiger partial charge is 0.260 e. The van der Waals surface area contributed by atoms with Gasteiger partial charge in [0.2, 0.25) is 0 Å². The Balaban J connectivity index is 1.93. The van der Waals surface area contributed by atoms with Gasteiger partial charge in [-0.25, -0.2) is 0 Å². The maximum Gasteiger partial charge on any atom is 0.260 e. The zero-order chi connectivity index (χ0) is 16.2. The molecule has 1 N–H and O–H groups in total. The van der Waals surface area contributed by atoms with Crippen LogP contribution in [0.5, 0.6) is 5.75 Å². The summed E-state index contributed by atoms with van der Waals surface area (Å²) in [4.78, 5) is 16.7. The van der Waals surface area contributed by atoms with Crippen molar-refractivity contribution in [1.82, 2.24) is 10.1 Å². The van der Waals surface area contributed by atoms with Crippen LogP contribution in [0.2, 0.25) is 0 Å². The van der Waals surface area contributed by atoms with Crippen LogP contribution >= 0.6 is 0 Å². The van der Waals surface area contributed by atoms with Crippen LogP contribution < -0.4 is 10.1 Å². The minimum atomic E-state index is -0.272. The van der Waals surface area contributed by atoms with Crippen LogP contribution in [-0.2, 0) is 0 Å². The quantitative estimate of drug-likeness (QED) is 0.800. The number of methoxy groups -OCH3 is 1. The molecule has 0 saturated carbocycles. The highest BCUT2D eigenvalue weighted by Crippen LogP contribution is 2.27. The molecule has 0 aliphatic rings. The first kappa shape index (κ1) is 14.8. The van der Waals surface area contributed by atoms with Gasteiger partial charge in [0.05, 0.1) is 23.9 Å². The Kier molecular flexibility index (Phi) is 4.05. The molecular weight excluding hydrogens is 294 g/mol. The number of para-hydroxylation sites is 2. The molecule has 2 aromatic carbocycles. The summed E-state index contributed by atoms with van der Waals surface area (Å²) < 4.78 is 10.4. The van der Waals surface area contributed by atoms with Crippen molar-refractivity contribution in [3.63, 3.8) is 0 Å². The number of ether oxygens (including phenoxy) is 1. The van der Waals surface area contributed by atoms with Crippen molar-refractivity contribution in [2.75, 3.05) is 12.4 Å². The number of carbonyl (C=O) groups excluding carboxylic acids is 1. The third-order valence-electron chi connectivity index (χ3n) is 3.28. The van der Waals surface area contributed by atoms with E-state index < -0.39 is 0 Å². The second-order valence-corrected chi connectivity index (χ2v) is 4.85. The first-order chi connectivity index (χ1) is 11.2. The molecule has 6 nitrogen and oxygen atoms in total. The average Bonchev–Trinajstić information content (AvgIpc) is 3.01. The molecule has 0 saturated heterocycles. The molecule has 6 heteroatoms. The first-order valence-electron chi connectivity index (χ1n) is 7.03. The molecule has 0 bridgehead atoms. The molecule has 0 radical (unpaired) electrons. The van der Waals surface area contributed by atoms with E-state index in [0.717, 1.165) is 0 Å². The molecule has 1 heterocycles. The number of carbonyl (C=O) groups is 1. The summed E-state index contributed by atoms with van der Waals surface area (Å²) in [5.41, 5.74) is 1.70. The van der Waals surface area contributed by atoms with E-state index in [2.05, 4.69) is 15.5 Å². The minimum Gasteiger partial charge on any atom is -0.496 e. The van der Waals surface area contributed by atoms with Crippen molar-refractivity contribution >= 4 is 11.6 Å². The molecule has 0 aliphatic carbocycles. The lowest BCUT2D eigenvalue weighted by molar-refractivity contribution is 0.102. The number of nitrogens with one attached hydrogen (secondary N) is 1. The van der Waals surface area contributed by atoms with E-state index in [1.807, 2.05) is 24.3 Å². The number of benzene rings is 2. The van der Waals surface area contributed by atoms with Crippen molar-refractivity contribution in [3.8, 4) is 17.2 Å². The highest BCUT2D eigenvalue weighted by Gasteiger charge is 2.16. The van der Waals surface area contributed by atoms with Crippen molar-refractivity contribution < 1.29 is 14.1 Å². The third-order valence-corrected chi connectivity index (χ3v) is 3.28. The lowest BCUT2D eigenvalue weighted by Crippen LogP contribution is -2.13. The fourth-order valence-electron chi connectivity index (χ4n) is 2.21. The highest BCUT2D eigenvalue weighted by molar-refractivity contribution is 6.07. The van der Waals surface area contributed by atoms with E-state index in [-0.39, 0.29) is 5.91 Å². The van der Waals surface area contributed by atoms with Crippen molar-refractivity contribution in [2.45, 2.75) is 6.92 Å². The van der Waals surface area contributed by atoms with Crippen molar-refractivity contribution in [1.29, 1.82) is 0 Å². The van der Waals surface area contributed by atoms with Crippen LogP contribution in [0.25, 0.3) is 11.5 Å². The molecular formula is C17H15N3O3. The SMILES string of the molecule is COc1ccccc1C(=O)Nc1ccccc1-c1nc(C)no1. The number of hydrogen-bond donors (Lipinski definition) is 1. The molecule has 23 heavy (non-hydrogen) atoms. The van der Waals surface area contributed by atoms with Gasteiger partial charge < -0.3 is 14.6 Å². The van der Waals surface area contributed by atoms with Crippen molar-refractivity contribution in [2.24, 2.45) is 0 Å². The van der Waals surface area contributed by atoms with Crippen LogP contribution in [0.15, 0.2) is 53.1 Å². The molecule has 0 fully saturated rings. The monoisotopic (exact) mass is 309 g/mol. The van der Waals surface area contributed by atoms with Crippen LogP contribution in [-0.4, -0.2) is 23.2 Å². The predicted molar refractivity (Wildman–Crippen MR) is 85.4 cm³/mol. The molecule has 0 atom stereocenters. The number of aryl methyl sites for hydroxylation is 1. The van der Waals surface area contributed by atoms with Gasteiger partial charge >= 0.3 is 0 Å². The van der Waals surface area contributed by atoms with E-state index in [1.54, 1.807) is 31.2 Å². The van der Waals surface area contributed by atoms with E-state index in [0.29, 0.717) is 34.3 Å². The summed E-state index contributed by atoms with van der Waals surface area (Å²) in [6, 6.07) is 14.3. The normalized spacial score (nSPS) is 10.3. The largest absolute Gasteiger partial charge is 0.496 e. The Bertz CT molecular complexity index is 842. The van der Waals surface area contributed by atoms with Crippen LogP contribution in [0, 0.1) is 6.92 Å². The fraction of sp³-hybridized carbons (Fsp3) is 0.118. The highest BCUT2D eigenvalue weighted by atomic mass is 16.5. The number of rotatable bonds is 4. The standard InChI is InChI=1S/C17H15N3O3/c1-11-18-17(23-20-11)12-7-3-5-9-14(12)19-16(21)13-8-4-6-10-15(13)22-2/h3-10H,1-2H3,(H,19,21). The third kappa shape index (κ3) is 3.06. The summed E-state index contributed by atoms with van der Waals surface area (Å²) in [6.07, 6.45) is 0. The molecule has 3 aromatic rings. The molecule has 3 rings (SSSR count). The summed E-state index contributed by atoms with van der Waals surface area (Å²) >= 11 is 0. The Labute approximate surface area is 133 Å². The van der Waals surface area contributed by atoms with E-state index in [1.165, 1.54) is 7.11 Å². The second-order valence-electron chi connectivity index (χ2n) is 4.85. The number of aromatic nitrogens is 2. The Morgan fingerprint density at radius 3 is 2.61 bits per heavy atom. The van der Waals surface area contributed by atoms with Gasteiger partial charge in [0.1, 0.15) is 5.75 Å². The van der Waals surface area contributed by atoms with Gasteiger partial charge in [-0.2, -0.15) is 4.98 Å². The van der Waals surface area contributed by atoms with E-state index in [9.17, 15) is 4.79 Å². The van der Waals surface area contributed by atoms with Gasteiger partial charge in [-0.3, -0.25) is 4.79 Å². The molecule has 0 spiro atoms. The average molecular weight is 309 g/mol. The molecule has 0 unspecified atom stereocenters. The number of amides is 1. The Morgan fingerprint density at radius 1 is 1.13 bits per heavy atom. The zero-order valence-corrected chi connectivity index (χ0v) is 12.7. The summed E-state index contributed by atoms with van der Waals surface area (Å²) in [7, 11) is 1.53. The molecule has 116 valence electrons. The molecule has 1 amide bonds. The maximum absolute atomic E-state index is 12.5. The molecule has 0 aliphatic heterocycles. The first-order valence-corrected chi connectivity index (χ1v) is 7.03. The lowest BCUT2D eigenvalue weighted by atomic mass is 10.1. The van der Waals surface area contributed by atoms with Gasteiger partial charge in [0, 0.05) is 0 Å². The summed E-state index contributed by atoms with van der Waals surface area (Å²) in [5, 5.41) is 6.64. The van der Waals surface area contributed by atoms with Gasteiger partial charge in [0.25, 0.3) is 11.8 Å². The predicted octanol–water partition coefficient (Wildman–Crippen LogP) is 3.31. The topological polar surface area (TPSA) is 77.2 Å². The maximum atomic E-state index is 12.5. The number of anilines is 1. The summed E-state index contributed by atoms with van der Waals surface area (Å²) in [6.45, 7) is 1.74. The number of hydrogen-bond acceptors (Lipinski definition) is 5. The van der Waals surface area contributed by atoms with E-state index >= 15 is 0 Å². The summed E-state index contributed by atoms with van der Waals surface area (Å²) in [5.74, 6) is 1.13.